The van der Waals surface area contributed by atoms with E-state index in [-0.39, 0.29) is 6.04 Å². The molecule has 2 rings (SSSR count). The van der Waals surface area contributed by atoms with Crippen molar-refractivity contribution in [1.82, 2.24) is 10.4 Å². The van der Waals surface area contributed by atoms with E-state index in [0.29, 0.717) is 21.6 Å². The van der Waals surface area contributed by atoms with Crippen LogP contribution in [0.5, 0.6) is 0 Å². The van der Waals surface area contributed by atoms with E-state index in [2.05, 4.69) is 10.4 Å². The largest absolute Gasteiger partial charge is 0.271 e. The number of nitrogens with one attached hydrogen (secondary N) is 1. The van der Waals surface area contributed by atoms with Crippen LogP contribution in [0.25, 0.3) is 0 Å². The summed E-state index contributed by atoms with van der Waals surface area (Å²) < 4.78 is 0. The second kappa shape index (κ2) is 6.55. The maximum Gasteiger partial charge on any atom is 0.129 e. The quantitative estimate of drug-likeness (QED) is 0.512. The third kappa shape index (κ3) is 3.59. The lowest BCUT2D eigenvalue weighted by atomic mass is 10.0. The van der Waals surface area contributed by atoms with Gasteiger partial charge < -0.3 is 0 Å². The minimum absolute atomic E-state index is 0.110. The molecule has 0 radical (unpaired) electrons. The fraction of sp³-hybridized carbons (Fsp3) is 0.154. The zero-order valence-corrected chi connectivity index (χ0v) is 12.2. The predicted octanol–water partition coefficient (Wildman–Crippen LogP) is 3.79. The second-order valence-electron chi connectivity index (χ2n) is 4.05. The molecule has 19 heavy (non-hydrogen) atoms. The lowest BCUT2D eigenvalue weighted by Gasteiger charge is -2.17. The van der Waals surface area contributed by atoms with Gasteiger partial charge in [-0.2, -0.15) is 0 Å². The summed E-state index contributed by atoms with van der Waals surface area (Å²) in [5.74, 6) is 5.59. The number of benzene rings is 1. The molecule has 0 aliphatic rings. The third-order valence-corrected chi connectivity index (χ3v) is 3.89. The first kappa shape index (κ1) is 14.6. The van der Waals surface area contributed by atoms with Crippen molar-refractivity contribution in [3.8, 4) is 0 Å². The van der Waals surface area contributed by atoms with Crippen LogP contribution in [0, 0.1) is 0 Å². The van der Waals surface area contributed by atoms with Crippen LogP contribution in [-0.4, -0.2) is 4.98 Å². The molecule has 0 amide bonds. The Hall–Kier alpha value is -0.840. The highest BCUT2D eigenvalue weighted by Gasteiger charge is 2.14. The predicted molar refractivity (Wildman–Crippen MR) is 79.5 cm³/mol. The molecule has 1 heterocycles. The molecule has 0 saturated heterocycles. The van der Waals surface area contributed by atoms with Gasteiger partial charge >= 0.3 is 0 Å². The van der Waals surface area contributed by atoms with Crippen molar-refractivity contribution in [3.05, 3.63) is 62.9 Å². The molecule has 1 aromatic carbocycles. The molecular weight excluding hydrogens is 305 g/mol. The Balaban J connectivity index is 2.24. The van der Waals surface area contributed by atoms with Gasteiger partial charge in [0.25, 0.3) is 0 Å². The number of hydrazine groups is 1. The SMILES string of the molecule is NNC(Cc1cccc(Cl)c1Cl)c1ccc(Cl)nc1. The Labute approximate surface area is 126 Å². The van der Waals surface area contributed by atoms with Gasteiger partial charge in [0.15, 0.2) is 0 Å². The van der Waals surface area contributed by atoms with Gasteiger partial charge in [0.05, 0.1) is 16.1 Å². The third-order valence-electron chi connectivity index (χ3n) is 2.81. The maximum absolute atomic E-state index is 6.17. The fourth-order valence-electron chi connectivity index (χ4n) is 1.79. The molecule has 0 aliphatic heterocycles. The van der Waals surface area contributed by atoms with Crippen LogP contribution < -0.4 is 11.3 Å². The van der Waals surface area contributed by atoms with Crippen molar-refractivity contribution in [2.45, 2.75) is 12.5 Å². The minimum atomic E-state index is -0.110. The Morgan fingerprint density at radius 3 is 2.58 bits per heavy atom. The van der Waals surface area contributed by atoms with Crippen LogP contribution in [0.4, 0.5) is 0 Å². The molecule has 3 N–H and O–H groups in total. The van der Waals surface area contributed by atoms with Crippen molar-refractivity contribution in [2.24, 2.45) is 5.84 Å². The lowest BCUT2D eigenvalue weighted by molar-refractivity contribution is 0.550. The van der Waals surface area contributed by atoms with E-state index in [1.54, 1.807) is 18.3 Å². The van der Waals surface area contributed by atoms with Gasteiger partial charge in [0.1, 0.15) is 5.15 Å². The summed E-state index contributed by atoms with van der Waals surface area (Å²) in [5.41, 5.74) is 4.60. The highest BCUT2D eigenvalue weighted by molar-refractivity contribution is 6.42. The van der Waals surface area contributed by atoms with Crippen molar-refractivity contribution in [3.63, 3.8) is 0 Å². The summed E-state index contributed by atoms with van der Waals surface area (Å²) in [5, 5.41) is 1.52. The second-order valence-corrected chi connectivity index (χ2v) is 5.22. The van der Waals surface area contributed by atoms with Crippen molar-refractivity contribution < 1.29 is 0 Å². The monoisotopic (exact) mass is 315 g/mol. The molecule has 6 heteroatoms. The molecule has 1 unspecified atom stereocenters. The summed E-state index contributed by atoms with van der Waals surface area (Å²) in [6, 6.07) is 9.01. The molecule has 100 valence electrons. The van der Waals surface area contributed by atoms with Crippen LogP contribution in [-0.2, 0) is 6.42 Å². The molecule has 0 bridgehead atoms. The summed E-state index contributed by atoms with van der Waals surface area (Å²) in [6.45, 7) is 0. The average molecular weight is 317 g/mol. The van der Waals surface area contributed by atoms with Crippen LogP contribution in [0.1, 0.15) is 17.2 Å². The van der Waals surface area contributed by atoms with Crippen LogP contribution in [0.3, 0.4) is 0 Å². The number of nitrogens with zero attached hydrogens (tertiary/aromatic N) is 1. The first-order chi connectivity index (χ1) is 9.11. The number of nitrogens with two attached hydrogens (primary N) is 1. The van der Waals surface area contributed by atoms with E-state index >= 15 is 0 Å². The zero-order valence-electron chi connectivity index (χ0n) is 9.91. The van der Waals surface area contributed by atoms with Gasteiger partial charge in [-0.25, -0.2) is 4.98 Å². The fourth-order valence-corrected chi connectivity index (χ4v) is 2.30. The van der Waals surface area contributed by atoms with Crippen molar-refractivity contribution >= 4 is 34.8 Å². The average Bonchev–Trinajstić information content (AvgIpc) is 2.42. The highest BCUT2D eigenvalue weighted by atomic mass is 35.5. The Morgan fingerprint density at radius 1 is 1.16 bits per heavy atom. The van der Waals surface area contributed by atoms with Gasteiger partial charge in [-0.15, -0.1) is 0 Å². The van der Waals surface area contributed by atoms with Gasteiger partial charge in [0.2, 0.25) is 0 Å². The number of hydrogen-bond donors (Lipinski definition) is 2. The van der Waals surface area contributed by atoms with E-state index in [9.17, 15) is 0 Å². The molecule has 0 aliphatic carbocycles. The Morgan fingerprint density at radius 2 is 1.95 bits per heavy atom. The van der Waals surface area contributed by atoms with Crippen molar-refractivity contribution in [1.29, 1.82) is 0 Å². The number of rotatable bonds is 4. The Kier molecular flexibility index (Phi) is 5.02. The topological polar surface area (TPSA) is 50.9 Å². The summed E-state index contributed by atoms with van der Waals surface area (Å²) >= 11 is 17.9. The summed E-state index contributed by atoms with van der Waals surface area (Å²) in [4.78, 5) is 4.04. The molecule has 1 atom stereocenters. The van der Waals surface area contributed by atoms with Gasteiger partial charge in [-0.05, 0) is 29.7 Å². The first-order valence-corrected chi connectivity index (χ1v) is 6.75. The van der Waals surface area contributed by atoms with Gasteiger partial charge in [-0.1, -0.05) is 53.0 Å². The number of pyridine rings is 1. The standard InChI is InChI=1S/C13H12Cl3N3/c14-10-3-1-2-8(13(10)16)6-11(19-17)9-4-5-12(15)18-7-9/h1-5,7,11,19H,6,17H2. The molecule has 0 spiro atoms. The summed E-state index contributed by atoms with van der Waals surface area (Å²) in [7, 11) is 0. The van der Waals surface area contributed by atoms with E-state index in [1.165, 1.54) is 0 Å². The van der Waals surface area contributed by atoms with Gasteiger partial charge in [0, 0.05) is 6.20 Å². The number of halogens is 3. The molecule has 1 aromatic heterocycles. The van der Waals surface area contributed by atoms with Crippen LogP contribution in [0.15, 0.2) is 36.5 Å². The molecule has 2 aromatic rings. The van der Waals surface area contributed by atoms with Crippen LogP contribution in [0.2, 0.25) is 15.2 Å². The molecule has 0 fully saturated rings. The summed E-state index contributed by atoms with van der Waals surface area (Å²) in [6.07, 6.45) is 2.30. The van der Waals surface area contributed by atoms with E-state index in [0.717, 1.165) is 11.1 Å². The maximum atomic E-state index is 6.17. The van der Waals surface area contributed by atoms with Gasteiger partial charge in [-0.3, -0.25) is 11.3 Å². The molecule has 0 saturated carbocycles. The van der Waals surface area contributed by atoms with E-state index in [1.807, 2.05) is 18.2 Å². The smallest absolute Gasteiger partial charge is 0.129 e. The lowest BCUT2D eigenvalue weighted by Crippen LogP contribution is -2.29. The van der Waals surface area contributed by atoms with E-state index in [4.69, 9.17) is 40.6 Å². The number of aromatic nitrogens is 1. The number of hydrogen-bond acceptors (Lipinski definition) is 3. The van der Waals surface area contributed by atoms with Crippen molar-refractivity contribution in [2.75, 3.05) is 0 Å². The first-order valence-electron chi connectivity index (χ1n) is 5.62. The highest BCUT2D eigenvalue weighted by Crippen LogP contribution is 2.29. The minimum Gasteiger partial charge on any atom is -0.271 e. The zero-order chi connectivity index (χ0) is 13.8. The Bertz CT molecular complexity index is 558. The normalized spacial score (nSPS) is 12.4. The van der Waals surface area contributed by atoms with E-state index < -0.39 is 0 Å². The molecule has 3 nitrogen and oxygen atoms in total. The van der Waals surface area contributed by atoms with Crippen LogP contribution >= 0.6 is 34.8 Å². The molecular formula is C13H12Cl3N3.